The summed E-state index contributed by atoms with van der Waals surface area (Å²) in [7, 11) is 1.97. The number of β-amino-alcohol motifs (C(OH)–C–C–N with tert-alkyl or cyclic N) is 1. The second kappa shape index (κ2) is 4.04. The highest BCUT2D eigenvalue weighted by Gasteiger charge is 2.27. The lowest BCUT2D eigenvalue weighted by Crippen LogP contribution is -2.54. The van der Waals surface area contributed by atoms with Crippen molar-refractivity contribution in [1.82, 2.24) is 10.2 Å². The van der Waals surface area contributed by atoms with Crippen molar-refractivity contribution in [3.63, 3.8) is 0 Å². The minimum Gasteiger partial charge on any atom is -0.390 e. The maximum absolute atomic E-state index is 9.04. The zero-order valence-electron chi connectivity index (χ0n) is 7.38. The molecule has 11 heavy (non-hydrogen) atoms. The zero-order chi connectivity index (χ0) is 8.27. The second-order valence-electron chi connectivity index (χ2n) is 3.35. The summed E-state index contributed by atoms with van der Waals surface area (Å²) in [4.78, 5) is 2.31. The third kappa shape index (κ3) is 2.43. The van der Waals surface area contributed by atoms with E-state index in [1.54, 1.807) is 0 Å². The van der Waals surface area contributed by atoms with Gasteiger partial charge >= 0.3 is 0 Å². The molecule has 1 unspecified atom stereocenters. The molecule has 2 N–H and O–H groups in total. The van der Waals surface area contributed by atoms with Gasteiger partial charge in [-0.25, -0.2) is 0 Å². The number of likely N-dealkylation sites (tertiary alicyclic amines) is 1. The Morgan fingerprint density at radius 2 is 2.27 bits per heavy atom. The van der Waals surface area contributed by atoms with Crippen molar-refractivity contribution < 1.29 is 5.11 Å². The van der Waals surface area contributed by atoms with Crippen molar-refractivity contribution in [1.29, 1.82) is 0 Å². The summed E-state index contributed by atoms with van der Waals surface area (Å²) in [5.74, 6) is 0. The van der Waals surface area contributed by atoms with Crippen LogP contribution in [0.5, 0.6) is 0 Å². The van der Waals surface area contributed by atoms with E-state index in [1.165, 1.54) is 6.42 Å². The lowest BCUT2D eigenvalue weighted by Gasteiger charge is -2.40. The van der Waals surface area contributed by atoms with E-state index in [-0.39, 0.29) is 6.10 Å². The van der Waals surface area contributed by atoms with E-state index in [1.807, 2.05) is 7.05 Å². The summed E-state index contributed by atoms with van der Waals surface area (Å²) in [5.41, 5.74) is 0. The molecular formula is C8H18N2O. The first-order valence-electron chi connectivity index (χ1n) is 4.30. The number of aliphatic hydroxyl groups excluding tert-OH is 1. The summed E-state index contributed by atoms with van der Waals surface area (Å²) in [6.07, 6.45) is 1.11. The molecule has 0 saturated carbocycles. The summed E-state index contributed by atoms with van der Waals surface area (Å²) < 4.78 is 0. The Balaban J connectivity index is 2.06. The molecule has 0 aromatic carbocycles. The van der Waals surface area contributed by atoms with Gasteiger partial charge in [-0.2, -0.15) is 0 Å². The molecule has 0 aliphatic carbocycles. The van der Waals surface area contributed by atoms with Crippen LogP contribution in [0.25, 0.3) is 0 Å². The first-order valence-corrected chi connectivity index (χ1v) is 4.30. The van der Waals surface area contributed by atoms with Gasteiger partial charge in [0.25, 0.3) is 0 Å². The quantitative estimate of drug-likeness (QED) is 0.587. The van der Waals surface area contributed by atoms with Crippen LogP contribution in [0.1, 0.15) is 13.3 Å². The SMILES string of the molecule is CNCCC(C)N1CC(O)C1. The molecule has 1 heterocycles. The molecule has 1 fully saturated rings. The fraction of sp³-hybridized carbons (Fsp3) is 1.00. The van der Waals surface area contributed by atoms with Crippen LogP contribution in [0.4, 0.5) is 0 Å². The maximum Gasteiger partial charge on any atom is 0.0794 e. The topological polar surface area (TPSA) is 35.5 Å². The second-order valence-corrected chi connectivity index (χ2v) is 3.35. The van der Waals surface area contributed by atoms with Crippen LogP contribution in [0.3, 0.4) is 0 Å². The van der Waals surface area contributed by atoms with Crippen molar-refractivity contribution >= 4 is 0 Å². The zero-order valence-corrected chi connectivity index (χ0v) is 7.38. The van der Waals surface area contributed by atoms with Crippen molar-refractivity contribution in [3.05, 3.63) is 0 Å². The third-order valence-electron chi connectivity index (χ3n) is 2.33. The van der Waals surface area contributed by atoms with Crippen LogP contribution in [0, 0.1) is 0 Å². The Hall–Kier alpha value is -0.120. The molecule has 0 spiro atoms. The molecule has 1 atom stereocenters. The van der Waals surface area contributed by atoms with Gasteiger partial charge in [-0.3, -0.25) is 4.90 Å². The number of hydrogen-bond donors (Lipinski definition) is 2. The van der Waals surface area contributed by atoms with E-state index >= 15 is 0 Å². The highest BCUT2D eigenvalue weighted by atomic mass is 16.3. The van der Waals surface area contributed by atoms with Crippen molar-refractivity contribution in [2.24, 2.45) is 0 Å². The molecule has 0 radical (unpaired) electrons. The average Bonchev–Trinajstić information content (AvgIpc) is 1.94. The fourth-order valence-corrected chi connectivity index (χ4v) is 1.38. The summed E-state index contributed by atoms with van der Waals surface area (Å²) in [6, 6.07) is 0.617. The van der Waals surface area contributed by atoms with Crippen LogP contribution >= 0.6 is 0 Å². The summed E-state index contributed by atoms with van der Waals surface area (Å²) in [6.45, 7) is 5.01. The van der Waals surface area contributed by atoms with Crippen LogP contribution in [-0.4, -0.2) is 48.8 Å². The maximum atomic E-state index is 9.04. The molecule has 0 bridgehead atoms. The molecule has 1 aliphatic rings. The Morgan fingerprint density at radius 3 is 2.73 bits per heavy atom. The van der Waals surface area contributed by atoms with Gasteiger partial charge in [0, 0.05) is 19.1 Å². The number of nitrogens with zero attached hydrogens (tertiary/aromatic N) is 1. The highest BCUT2D eigenvalue weighted by Crippen LogP contribution is 2.13. The van der Waals surface area contributed by atoms with Crippen molar-refractivity contribution in [3.8, 4) is 0 Å². The van der Waals surface area contributed by atoms with Crippen LogP contribution in [-0.2, 0) is 0 Å². The first kappa shape index (κ1) is 8.97. The standard InChI is InChI=1S/C8H18N2O/c1-7(3-4-9-2)10-5-8(11)6-10/h7-9,11H,3-6H2,1-2H3. The minimum absolute atomic E-state index is 0.0629. The Bertz CT molecular complexity index is 113. The predicted molar refractivity (Wildman–Crippen MR) is 45.6 cm³/mol. The van der Waals surface area contributed by atoms with Gasteiger partial charge in [-0.1, -0.05) is 0 Å². The molecule has 0 amide bonds. The van der Waals surface area contributed by atoms with Crippen molar-refractivity contribution in [2.75, 3.05) is 26.7 Å². The normalized spacial score (nSPS) is 23.2. The Morgan fingerprint density at radius 1 is 1.64 bits per heavy atom. The van der Waals surface area contributed by atoms with Crippen LogP contribution in [0.15, 0.2) is 0 Å². The molecular weight excluding hydrogens is 140 g/mol. The number of rotatable bonds is 4. The molecule has 0 aromatic rings. The predicted octanol–water partition coefficient (Wildman–Crippen LogP) is -0.339. The minimum atomic E-state index is -0.0629. The van der Waals surface area contributed by atoms with E-state index in [0.717, 1.165) is 19.6 Å². The fourth-order valence-electron chi connectivity index (χ4n) is 1.38. The van der Waals surface area contributed by atoms with Gasteiger partial charge in [0.1, 0.15) is 0 Å². The van der Waals surface area contributed by atoms with Gasteiger partial charge in [0.05, 0.1) is 6.10 Å². The van der Waals surface area contributed by atoms with E-state index in [9.17, 15) is 0 Å². The number of nitrogens with one attached hydrogen (secondary N) is 1. The van der Waals surface area contributed by atoms with Gasteiger partial charge in [-0.15, -0.1) is 0 Å². The highest BCUT2D eigenvalue weighted by molar-refractivity contribution is 4.82. The van der Waals surface area contributed by atoms with Crippen LogP contribution in [0.2, 0.25) is 0 Å². The molecule has 3 heteroatoms. The number of aliphatic hydroxyl groups is 1. The van der Waals surface area contributed by atoms with E-state index in [0.29, 0.717) is 6.04 Å². The van der Waals surface area contributed by atoms with E-state index in [4.69, 9.17) is 5.11 Å². The molecule has 1 saturated heterocycles. The van der Waals surface area contributed by atoms with Gasteiger partial charge in [0.15, 0.2) is 0 Å². The largest absolute Gasteiger partial charge is 0.390 e. The smallest absolute Gasteiger partial charge is 0.0794 e. The van der Waals surface area contributed by atoms with E-state index in [2.05, 4.69) is 17.1 Å². The molecule has 66 valence electrons. The third-order valence-corrected chi connectivity index (χ3v) is 2.33. The summed E-state index contributed by atoms with van der Waals surface area (Å²) >= 11 is 0. The lowest BCUT2D eigenvalue weighted by atomic mass is 10.1. The Labute approximate surface area is 68.4 Å². The van der Waals surface area contributed by atoms with Crippen molar-refractivity contribution in [2.45, 2.75) is 25.5 Å². The lowest BCUT2D eigenvalue weighted by molar-refractivity contribution is -0.0219. The molecule has 1 aliphatic heterocycles. The Kier molecular flexibility index (Phi) is 3.30. The van der Waals surface area contributed by atoms with Gasteiger partial charge in [0.2, 0.25) is 0 Å². The summed E-state index contributed by atoms with van der Waals surface area (Å²) in [5, 5.41) is 12.2. The molecule has 1 rings (SSSR count). The first-order chi connectivity index (χ1) is 5.24. The van der Waals surface area contributed by atoms with Crippen LogP contribution < -0.4 is 5.32 Å². The number of hydrogen-bond acceptors (Lipinski definition) is 3. The average molecular weight is 158 g/mol. The van der Waals surface area contributed by atoms with E-state index < -0.39 is 0 Å². The molecule has 0 aromatic heterocycles. The monoisotopic (exact) mass is 158 g/mol. The molecule has 3 nitrogen and oxygen atoms in total. The van der Waals surface area contributed by atoms with Gasteiger partial charge < -0.3 is 10.4 Å². The van der Waals surface area contributed by atoms with Gasteiger partial charge in [-0.05, 0) is 26.9 Å².